The van der Waals surface area contributed by atoms with Crippen molar-refractivity contribution in [1.82, 2.24) is 4.90 Å². The lowest BCUT2D eigenvalue weighted by molar-refractivity contribution is -0.278. The van der Waals surface area contributed by atoms with Crippen molar-refractivity contribution < 1.29 is 28.8 Å². The van der Waals surface area contributed by atoms with Crippen LogP contribution >= 0.6 is 0 Å². The number of aliphatic hydroxyl groups is 1. The topological polar surface area (TPSA) is 89.5 Å². The Balaban J connectivity index is 1.10. The van der Waals surface area contributed by atoms with Crippen molar-refractivity contribution in [3.05, 3.63) is 65.2 Å². The van der Waals surface area contributed by atoms with E-state index in [4.69, 9.17) is 18.9 Å². The quantitative estimate of drug-likeness (QED) is 0.134. The fourth-order valence-electron chi connectivity index (χ4n) is 7.73. The largest absolute Gasteiger partial charge is 0.392 e. The van der Waals surface area contributed by atoms with Crippen LogP contribution in [0.15, 0.2) is 48.5 Å². The summed E-state index contributed by atoms with van der Waals surface area (Å²) in [5.74, 6) is -0.248. The maximum absolute atomic E-state index is 12.9. The molecule has 0 aromatic heterocycles. The van der Waals surface area contributed by atoms with Gasteiger partial charge in [0.1, 0.15) is 0 Å². The van der Waals surface area contributed by atoms with Gasteiger partial charge < -0.3 is 34.3 Å². The first kappa shape index (κ1) is 38.9. The minimum absolute atomic E-state index is 0.0114. The number of rotatable bonds is 20. The van der Waals surface area contributed by atoms with Crippen LogP contribution in [0.4, 0.5) is 5.69 Å². The summed E-state index contributed by atoms with van der Waals surface area (Å²) >= 11 is 0. The van der Waals surface area contributed by atoms with Gasteiger partial charge in [-0.25, -0.2) is 0 Å². The van der Waals surface area contributed by atoms with Gasteiger partial charge in [-0.15, -0.1) is 0 Å². The standard InChI is InChI=1S/C42H64N2O6/c1-3-4-5-6-7-8-9-10-11-12-13-14-15-19-39(46)43-37-18-16-17-36(30-37)41-49-38(31-44-26-24-42(25-27-44)47-28-29-48-42)33(2)40(50-41)35-22-20-34(32-45)21-23-35/h16-18,20-23,30,33,38,40-41,45H,3-15,19,24-29,31-32H2,1-2H3,(H,43,46). The number of benzene rings is 2. The number of piperidine rings is 1. The third kappa shape index (κ3) is 11.9. The summed E-state index contributed by atoms with van der Waals surface area (Å²) in [5.41, 5.74) is 3.61. The number of hydrogen-bond donors (Lipinski definition) is 2. The summed E-state index contributed by atoms with van der Waals surface area (Å²) in [6.07, 6.45) is 18.3. The van der Waals surface area contributed by atoms with E-state index >= 15 is 0 Å². The first-order valence-electron chi connectivity index (χ1n) is 19.9. The van der Waals surface area contributed by atoms with Gasteiger partial charge in [0.2, 0.25) is 5.91 Å². The van der Waals surface area contributed by atoms with Crippen LogP contribution in [0, 0.1) is 5.92 Å². The van der Waals surface area contributed by atoms with Crippen molar-refractivity contribution in [2.45, 2.75) is 147 Å². The van der Waals surface area contributed by atoms with E-state index in [1.165, 1.54) is 70.6 Å². The highest BCUT2D eigenvalue weighted by Crippen LogP contribution is 2.43. The number of carbonyl (C=O) groups excluding carboxylic acids is 1. The van der Waals surface area contributed by atoms with Gasteiger partial charge in [0.25, 0.3) is 0 Å². The first-order valence-corrected chi connectivity index (χ1v) is 19.9. The number of unbranched alkanes of at least 4 members (excludes halogenated alkanes) is 12. The summed E-state index contributed by atoms with van der Waals surface area (Å²) in [6.45, 7) is 8.43. The highest BCUT2D eigenvalue weighted by molar-refractivity contribution is 5.90. The molecule has 2 aromatic rings. The number of carbonyl (C=O) groups is 1. The second-order valence-electron chi connectivity index (χ2n) is 14.9. The molecule has 0 bridgehead atoms. The molecule has 50 heavy (non-hydrogen) atoms. The zero-order valence-corrected chi connectivity index (χ0v) is 30.9. The van der Waals surface area contributed by atoms with Crippen LogP contribution in [0.25, 0.3) is 0 Å². The number of anilines is 1. The first-order chi connectivity index (χ1) is 24.5. The van der Waals surface area contributed by atoms with Gasteiger partial charge in [-0.1, -0.05) is 127 Å². The van der Waals surface area contributed by atoms with Crippen molar-refractivity contribution in [3.8, 4) is 0 Å². The second kappa shape index (κ2) is 20.6. The van der Waals surface area contributed by atoms with E-state index < -0.39 is 12.1 Å². The van der Waals surface area contributed by atoms with Crippen molar-refractivity contribution in [3.63, 3.8) is 0 Å². The molecular weight excluding hydrogens is 628 g/mol. The van der Waals surface area contributed by atoms with Gasteiger partial charge in [0, 0.05) is 56.1 Å². The number of hydrogen-bond acceptors (Lipinski definition) is 7. The molecule has 1 spiro atoms. The molecule has 8 heteroatoms. The molecule has 0 aliphatic carbocycles. The summed E-state index contributed by atoms with van der Waals surface area (Å²) < 4.78 is 25.4. The van der Waals surface area contributed by atoms with Crippen LogP contribution in [-0.2, 0) is 30.3 Å². The highest BCUT2D eigenvalue weighted by Gasteiger charge is 2.43. The summed E-state index contributed by atoms with van der Waals surface area (Å²) in [7, 11) is 0. The maximum atomic E-state index is 12.9. The number of ether oxygens (including phenoxy) is 4. The molecule has 3 aliphatic rings. The van der Waals surface area contributed by atoms with Crippen LogP contribution in [0.3, 0.4) is 0 Å². The van der Waals surface area contributed by atoms with Crippen LogP contribution in [0.1, 0.15) is 146 Å². The van der Waals surface area contributed by atoms with Gasteiger partial charge in [0.15, 0.2) is 12.1 Å². The Morgan fingerprint density at radius 2 is 1.44 bits per heavy atom. The Kier molecular flexibility index (Phi) is 16.1. The molecule has 4 atom stereocenters. The number of nitrogens with one attached hydrogen (secondary N) is 1. The van der Waals surface area contributed by atoms with Gasteiger partial charge >= 0.3 is 0 Å². The van der Waals surface area contributed by atoms with E-state index in [2.05, 4.69) is 36.2 Å². The van der Waals surface area contributed by atoms with Crippen LogP contribution in [0.2, 0.25) is 0 Å². The number of nitrogens with zero attached hydrogens (tertiary/aromatic N) is 1. The van der Waals surface area contributed by atoms with Crippen LogP contribution in [0.5, 0.6) is 0 Å². The Labute approximate surface area is 301 Å². The lowest BCUT2D eigenvalue weighted by Crippen LogP contribution is -2.50. The van der Waals surface area contributed by atoms with Crippen LogP contribution in [-0.4, -0.2) is 60.7 Å². The van der Waals surface area contributed by atoms with Crippen molar-refractivity contribution in [2.75, 3.05) is 38.2 Å². The molecule has 5 rings (SSSR count). The minimum atomic E-state index is -0.575. The summed E-state index contributed by atoms with van der Waals surface area (Å²) in [4.78, 5) is 15.3. The third-order valence-electron chi connectivity index (χ3n) is 10.9. The molecule has 1 amide bonds. The van der Waals surface area contributed by atoms with E-state index in [9.17, 15) is 9.90 Å². The summed E-state index contributed by atoms with van der Waals surface area (Å²) in [6, 6.07) is 15.9. The Morgan fingerprint density at radius 3 is 2.06 bits per heavy atom. The Morgan fingerprint density at radius 1 is 0.820 bits per heavy atom. The average molecular weight is 693 g/mol. The van der Waals surface area contributed by atoms with E-state index in [1.54, 1.807) is 0 Å². The third-order valence-corrected chi connectivity index (χ3v) is 10.9. The zero-order chi connectivity index (χ0) is 35.0. The molecular formula is C42H64N2O6. The van der Waals surface area contributed by atoms with Gasteiger partial charge in [-0.2, -0.15) is 0 Å². The van der Waals surface area contributed by atoms with Gasteiger partial charge in [-0.3, -0.25) is 4.79 Å². The molecule has 3 aliphatic heterocycles. The Bertz CT molecular complexity index is 1260. The number of likely N-dealkylation sites (tertiary alicyclic amines) is 1. The number of amides is 1. The second-order valence-corrected chi connectivity index (χ2v) is 14.9. The highest BCUT2D eigenvalue weighted by atomic mass is 16.7. The molecule has 2 aromatic carbocycles. The number of aliphatic hydroxyl groups excluding tert-OH is 1. The predicted molar refractivity (Wildman–Crippen MR) is 199 cm³/mol. The van der Waals surface area contributed by atoms with E-state index in [-0.39, 0.29) is 30.6 Å². The van der Waals surface area contributed by atoms with Gasteiger partial charge in [0.05, 0.1) is 32.0 Å². The Hall–Kier alpha value is -2.33. The average Bonchev–Trinajstić information content (AvgIpc) is 3.60. The van der Waals surface area contributed by atoms with E-state index in [1.807, 2.05) is 36.4 Å². The molecule has 8 nitrogen and oxygen atoms in total. The monoisotopic (exact) mass is 692 g/mol. The molecule has 2 N–H and O–H groups in total. The lowest BCUT2D eigenvalue weighted by Gasteiger charge is -2.44. The van der Waals surface area contributed by atoms with Crippen molar-refractivity contribution in [1.29, 1.82) is 0 Å². The lowest BCUT2D eigenvalue weighted by atomic mass is 9.89. The van der Waals surface area contributed by atoms with E-state index in [0.29, 0.717) is 19.6 Å². The predicted octanol–water partition coefficient (Wildman–Crippen LogP) is 9.23. The molecule has 3 saturated heterocycles. The smallest absolute Gasteiger partial charge is 0.224 e. The van der Waals surface area contributed by atoms with E-state index in [0.717, 1.165) is 67.7 Å². The molecule has 0 radical (unpaired) electrons. The van der Waals surface area contributed by atoms with Crippen molar-refractivity contribution >= 4 is 11.6 Å². The fraction of sp³-hybridized carbons (Fsp3) is 0.690. The molecule has 0 saturated carbocycles. The van der Waals surface area contributed by atoms with Crippen LogP contribution < -0.4 is 5.32 Å². The SMILES string of the molecule is CCCCCCCCCCCCCCCC(=O)Nc1cccc(C2OC(CN3CCC4(CC3)OCCO4)C(C)C(c3ccc(CO)cc3)O2)c1. The molecule has 3 fully saturated rings. The summed E-state index contributed by atoms with van der Waals surface area (Å²) in [5, 5.41) is 12.7. The zero-order valence-electron chi connectivity index (χ0n) is 30.9. The van der Waals surface area contributed by atoms with Crippen molar-refractivity contribution in [2.24, 2.45) is 5.92 Å². The molecule has 278 valence electrons. The molecule has 3 heterocycles. The minimum Gasteiger partial charge on any atom is -0.392 e. The maximum Gasteiger partial charge on any atom is 0.224 e. The van der Waals surface area contributed by atoms with Gasteiger partial charge in [-0.05, 0) is 29.7 Å². The normalized spacial score (nSPS) is 23.7. The fourth-order valence-corrected chi connectivity index (χ4v) is 7.73. The molecule has 4 unspecified atom stereocenters.